The summed E-state index contributed by atoms with van der Waals surface area (Å²) in [5, 5.41) is 7.88. The van der Waals surface area contributed by atoms with Gasteiger partial charge in [-0.05, 0) is 37.8 Å². The van der Waals surface area contributed by atoms with E-state index in [2.05, 4.69) is 15.4 Å². The average Bonchev–Trinajstić information content (AvgIpc) is 3.38. The second kappa shape index (κ2) is 8.37. The highest BCUT2D eigenvalue weighted by Crippen LogP contribution is 2.40. The van der Waals surface area contributed by atoms with Crippen molar-refractivity contribution in [2.24, 2.45) is 5.73 Å². The van der Waals surface area contributed by atoms with Gasteiger partial charge in [-0.3, -0.25) is 4.79 Å². The van der Waals surface area contributed by atoms with Crippen LogP contribution in [-0.2, 0) is 0 Å². The normalized spacial score (nSPS) is 14.0. The van der Waals surface area contributed by atoms with Crippen LogP contribution >= 0.6 is 24.0 Å². The zero-order valence-corrected chi connectivity index (χ0v) is 16.6. The molecule has 3 N–H and O–H groups in total. The third kappa shape index (κ3) is 4.37. The van der Waals surface area contributed by atoms with Gasteiger partial charge in [0.1, 0.15) is 5.82 Å². The van der Waals surface area contributed by atoms with Crippen molar-refractivity contribution in [1.29, 1.82) is 0 Å². The van der Waals surface area contributed by atoms with Gasteiger partial charge in [-0.2, -0.15) is 0 Å². The first-order chi connectivity index (χ1) is 12.0. The van der Waals surface area contributed by atoms with Crippen molar-refractivity contribution in [2.45, 2.75) is 51.0 Å². The number of benzene rings is 1. The van der Waals surface area contributed by atoms with E-state index in [1.807, 2.05) is 32.0 Å². The van der Waals surface area contributed by atoms with Gasteiger partial charge in [0, 0.05) is 18.0 Å². The van der Waals surface area contributed by atoms with Gasteiger partial charge in [0.05, 0.1) is 10.7 Å². The summed E-state index contributed by atoms with van der Waals surface area (Å²) in [5.41, 5.74) is 6.59. The Morgan fingerprint density at radius 1 is 1.35 bits per heavy atom. The Morgan fingerprint density at radius 3 is 2.58 bits per heavy atom. The number of halogens is 2. The second-order valence-electron chi connectivity index (χ2n) is 6.68. The molecule has 0 aliphatic heterocycles. The molecule has 3 rings (SSSR count). The van der Waals surface area contributed by atoms with E-state index in [0.717, 1.165) is 37.2 Å². The molecule has 1 saturated carbocycles. The fraction of sp³-hybridized carbons (Fsp3) is 0.500. The third-order valence-corrected chi connectivity index (χ3v) is 5.19. The summed E-state index contributed by atoms with van der Waals surface area (Å²) in [5.74, 6) is 0.995. The van der Waals surface area contributed by atoms with Crippen molar-refractivity contribution in [3.05, 3.63) is 40.9 Å². The van der Waals surface area contributed by atoms with E-state index in [1.54, 1.807) is 10.7 Å². The average molecular weight is 398 g/mol. The van der Waals surface area contributed by atoms with Crippen LogP contribution in [0.2, 0.25) is 5.02 Å². The Hall–Kier alpha value is -1.63. The smallest absolute Gasteiger partial charge is 0.291 e. The lowest BCUT2D eigenvalue weighted by atomic mass is 9.94. The summed E-state index contributed by atoms with van der Waals surface area (Å²) in [6.45, 7) is 4.44. The first-order valence-corrected chi connectivity index (χ1v) is 9.14. The molecule has 142 valence electrons. The SMILES string of the molecule is CCC(N)(CC)CNC(=O)c1nc(C2CC2)n(-c2ccccc2Cl)n1.Cl. The van der Waals surface area contributed by atoms with Crippen molar-refractivity contribution in [3.63, 3.8) is 0 Å². The first-order valence-electron chi connectivity index (χ1n) is 8.76. The van der Waals surface area contributed by atoms with Gasteiger partial charge in [0.25, 0.3) is 5.91 Å². The Labute approximate surface area is 164 Å². The van der Waals surface area contributed by atoms with Crippen LogP contribution in [0.25, 0.3) is 5.69 Å². The molecule has 1 amide bonds. The standard InChI is InChI=1S/C18H24ClN5O.ClH/c1-3-18(20,4-2)11-21-17(25)15-22-16(12-9-10-12)24(23-15)14-8-6-5-7-13(14)19;/h5-8,12H,3-4,9-11,20H2,1-2H3,(H,21,25);1H. The quantitative estimate of drug-likeness (QED) is 0.748. The molecule has 0 bridgehead atoms. The van der Waals surface area contributed by atoms with Crippen molar-refractivity contribution in [1.82, 2.24) is 20.1 Å². The highest BCUT2D eigenvalue weighted by molar-refractivity contribution is 6.32. The summed E-state index contributed by atoms with van der Waals surface area (Å²) in [7, 11) is 0. The fourth-order valence-corrected chi connectivity index (χ4v) is 2.88. The first kappa shape index (κ1) is 20.7. The molecule has 1 aliphatic rings. The number of para-hydroxylation sites is 1. The number of aromatic nitrogens is 3. The third-order valence-electron chi connectivity index (χ3n) is 4.87. The maximum atomic E-state index is 12.5. The minimum Gasteiger partial charge on any atom is -0.347 e. The van der Waals surface area contributed by atoms with E-state index >= 15 is 0 Å². The Balaban J connectivity index is 0.00000243. The minimum absolute atomic E-state index is 0. The van der Waals surface area contributed by atoms with Crippen LogP contribution < -0.4 is 11.1 Å². The van der Waals surface area contributed by atoms with Gasteiger partial charge in [-0.15, -0.1) is 17.5 Å². The Morgan fingerprint density at radius 2 is 2.00 bits per heavy atom. The number of nitrogens with one attached hydrogen (secondary N) is 1. The summed E-state index contributed by atoms with van der Waals surface area (Å²) in [6, 6.07) is 7.44. The molecule has 1 fully saturated rings. The number of amides is 1. The van der Waals surface area contributed by atoms with E-state index in [-0.39, 0.29) is 24.1 Å². The van der Waals surface area contributed by atoms with Gasteiger partial charge in [0.2, 0.25) is 5.82 Å². The van der Waals surface area contributed by atoms with E-state index in [0.29, 0.717) is 17.5 Å². The van der Waals surface area contributed by atoms with Gasteiger partial charge >= 0.3 is 0 Å². The highest BCUT2D eigenvalue weighted by atomic mass is 35.5. The molecule has 2 aromatic rings. The monoisotopic (exact) mass is 397 g/mol. The number of nitrogens with two attached hydrogens (primary N) is 1. The van der Waals surface area contributed by atoms with E-state index in [4.69, 9.17) is 17.3 Å². The van der Waals surface area contributed by atoms with Gasteiger partial charge in [0.15, 0.2) is 0 Å². The maximum absolute atomic E-state index is 12.5. The molecular formula is C18H25Cl2N5O. The van der Waals surface area contributed by atoms with Crippen molar-refractivity contribution in [3.8, 4) is 5.69 Å². The van der Waals surface area contributed by atoms with Crippen molar-refractivity contribution >= 4 is 29.9 Å². The van der Waals surface area contributed by atoms with Crippen LogP contribution in [-0.4, -0.2) is 32.8 Å². The van der Waals surface area contributed by atoms with E-state index < -0.39 is 5.54 Å². The lowest BCUT2D eigenvalue weighted by Gasteiger charge is -2.26. The van der Waals surface area contributed by atoms with Crippen LogP contribution in [0.3, 0.4) is 0 Å². The van der Waals surface area contributed by atoms with Crippen LogP contribution in [0.15, 0.2) is 24.3 Å². The van der Waals surface area contributed by atoms with E-state index in [9.17, 15) is 4.79 Å². The predicted molar refractivity (Wildman–Crippen MR) is 105 cm³/mol. The van der Waals surface area contributed by atoms with E-state index in [1.165, 1.54) is 0 Å². The number of rotatable bonds is 7. The predicted octanol–water partition coefficient (Wildman–Crippen LogP) is 3.47. The molecule has 0 atom stereocenters. The molecular weight excluding hydrogens is 373 g/mol. The van der Waals surface area contributed by atoms with Gasteiger partial charge in [-0.25, -0.2) is 9.67 Å². The summed E-state index contributed by atoms with van der Waals surface area (Å²) >= 11 is 6.30. The molecule has 0 saturated heterocycles. The summed E-state index contributed by atoms with van der Waals surface area (Å²) in [4.78, 5) is 17.0. The highest BCUT2D eigenvalue weighted by Gasteiger charge is 2.32. The van der Waals surface area contributed by atoms with Crippen LogP contribution in [0.4, 0.5) is 0 Å². The molecule has 1 aliphatic carbocycles. The molecule has 6 nitrogen and oxygen atoms in total. The molecule has 8 heteroatoms. The molecule has 0 radical (unpaired) electrons. The lowest BCUT2D eigenvalue weighted by molar-refractivity contribution is 0.0931. The number of nitrogens with zero attached hydrogens (tertiary/aromatic N) is 3. The zero-order valence-electron chi connectivity index (χ0n) is 15.0. The Bertz CT molecular complexity index is 769. The fourth-order valence-electron chi connectivity index (χ4n) is 2.66. The van der Waals surface area contributed by atoms with Crippen LogP contribution in [0, 0.1) is 0 Å². The topological polar surface area (TPSA) is 85.8 Å². The summed E-state index contributed by atoms with van der Waals surface area (Å²) < 4.78 is 1.70. The number of hydrogen-bond acceptors (Lipinski definition) is 4. The molecule has 26 heavy (non-hydrogen) atoms. The van der Waals surface area contributed by atoms with Gasteiger partial charge in [-0.1, -0.05) is 37.6 Å². The van der Waals surface area contributed by atoms with Crippen molar-refractivity contribution in [2.75, 3.05) is 6.54 Å². The van der Waals surface area contributed by atoms with Crippen LogP contribution in [0.1, 0.15) is 61.9 Å². The Kier molecular flexibility index (Phi) is 6.66. The van der Waals surface area contributed by atoms with Gasteiger partial charge < -0.3 is 11.1 Å². The zero-order chi connectivity index (χ0) is 18.0. The second-order valence-corrected chi connectivity index (χ2v) is 7.09. The molecule has 0 unspecified atom stereocenters. The number of hydrogen-bond donors (Lipinski definition) is 2. The molecule has 1 heterocycles. The molecule has 1 aromatic heterocycles. The van der Waals surface area contributed by atoms with Crippen LogP contribution in [0.5, 0.6) is 0 Å². The number of carbonyl (C=O) groups excluding carboxylic acids is 1. The molecule has 1 aromatic carbocycles. The lowest BCUT2D eigenvalue weighted by Crippen LogP contribution is -2.49. The number of carbonyl (C=O) groups is 1. The minimum atomic E-state index is -0.402. The summed E-state index contributed by atoms with van der Waals surface area (Å²) in [6.07, 6.45) is 3.70. The molecule has 0 spiro atoms. The van der Waals surface area contributed by atoms with Crippen molar-refractivity contribution < 1.29 is 4.79 Å². The largest absolute Gasteiger partial charge is 0.347 e. The maximum Gasteiger partial charge on any atom is 0.291 e.